The smallest absolute Gasteiger partial charge is 0.210 e. The van der Waals surface area contributed by atoms with E-state index >= 15 is 0 Å². The maximum absolute atomic E-state index is 11.0. The monoisotopic (exact) mass is 213 g/mol. The zero-order valence-corrected chi connectivity index (χ0v) is 8.78. The second kappa shape index (κ2) is 6.07. The van der Waals surface area contributed by atoms with Crippen LogP contribution in [0.5, 0.6) is 0 Å². The highest BCUT2D eigenvalue weighted by molar-refractivity contribution is 7.90. The van der Waals surface area contributed by atoms with Gasteiger partial charge in [0.15, 0.2) is 0 Å². The van der Waals surface area contributed by atoms with E-state index in [0.29, 0.717) is 0 Å². The first kappa shape index (κ1) is 12.6. The maximum atomic E-state index is 11.0. The van der Waals surface area contributed by atoms with E-state index in [1.54, 1.807) is 18.2 Å². The van der Waals surface area contributed by atoms with Gasteiger partial charge in [0.2, 0.25) is 0 Å². The highest BCUT2D eigenvalue weighted by atomic mass is 32.2. The number of hydrogen-bond acceptors (Lipinski definition) is 3. The molecule has 0 amide bonds. The van der Waals surface area contributed by atoms with E-state index in [-0.39, 0.29) is 4.90 Å². The molecule has 1 aromatic carbocycles. The van der Waals surface area contributed by atoms with Gasteiger partial charge in [0.05, 0.1) is 4.90 Å². The Morgan fingerprint density at radius 2 is 1.64 bits per heavy atom. The maximum Gasteiger partial charge on any atom is 0.292 e. The molecule has 0 radical (unpaired) electrons. The highest BCUT2D eigenvalue weighted by Gasteiger charge is 2.10. The molecule has 5 heteroatoms. The number of hydrogen-bond donors (Lipinski definition) is 0. The summed E-state index contributed by atoms with van der Waals surface area (Å²) < 4.78 is 24.7. The van der Waals surface area contributed by atoms with Gasteiger partial charge in [-0.15, -0.1) is 0 Å². The summed E-state index contributed by atoms with van der Waals surface area (Å²) in [5.41, 5.74) is 0. The third-order valence-corrected chi connectivity index (χ3v) is 2.38. The van der Waals surface area contributed by atoms with Gasteiger partial charge in [-0.25, -0.2) is 4.79 Å². The summed E-state index contributed by atoms with van der Waals surface area (Å²) in [6, 6.07) is 7.48. The number of isocyanates is 1. The Morgan fingerprint density at radius 1 is 1.14 bits per heavy atom. The van der Waals surface area contributed by atoms with Crippen LogP contribution in [0.2, 0.25) is 0 Å². The molecule has 0 bridgehead atoms. The van der Waals surface area contributed by atoms with Gasteiger partial charge in [0.25, 0.3) is 16.1 Å². The molecule has 4 nitrogen and oxygen atoms in total. The van der Waals surface area contributed by atoms with Crippen LogP contribution in [0.3, 0.4) is 0 Å². The van der Waals surface area contributed by atoms with Crippen LogP contribution in [0.1, 0.15) is 13.8 Å². The van der Waals surface area contributed by atoms with Crippen molar-refractivity contribution < 1.29 is 13.2 Å². The molecule has 1 rings (SSSR count). The van der Waals surface area contributed by atoms with Crippen molar-refractivity contribution in [3.63, 3.8) is 0 Å². The number of nitrogens with zero attached hydrogens (tertiary/aromatic N) is 1. The average molecular weight is 213 g/mol. The van der Waals surface area contributed by atoms with Crippen molar-refractivity contribution in [3.05, 3.63) is 30.3 Å². The average Bonchev–Trinajstić information content (AvgIpc) is 2.22. The first-order chi connectivity index (χ1) is 6.67. The second-order valence-corrected chi connectivity index (χ2v) is 3.57. The van der Waals surface area contributed by atoms with Crippen molar-refractivity contribution >= 4 is 16.1 Å². The third-order valence-electron chi connectivity index (χ3n) is 1.20. The Bertz CT molecular complexity index is 405. The van der Waals surface area contributed by atoms with E-state index in [1.165, 1.54) is 12.1 Å². The molecule has 0 aliphatic rings. The van der Waals surface area contributed by atoms with Crippen molar-refractivity contribution in [3.8, 4) is 0 Å². The number of rotatable bonds is 2. The lowest BCUT2D eigenvalue weighted by Crippen LogP contribution is -1.94. The minimum Gasteiger partial charge on any atom is -0.210 e. The lowest BCUT2D eigenvalue weighted by Gasteiger charge is -1.92. The fourth-order valence-electron chi connectivity index (χ4n) is 0.694. The van der Waals surface area contributed by atoms with E-state index in [4.69, 9.17) is 0 Å². The quantitative estimate of drug-likeness (QED) is 0.555. The molecule has 0 saturated heterocycles. The molecule has 0 N–H and O–H groups in total. The Hall–Kier alpha value is -1.45. The molecule has 0 unspecified atom stereocenters. The summed E-state index contributed by atoms with van der Waals surface area (Å²) in [6.07, 6.45) is 0.993. The standard InChI is InChI=1S/C7H5NO3S.C2H6/c9-6-8-12(10,11)7-4-2-1-3-5-7;1-2/h1-5H;1-2H3. The van der Waals surface area contributed by atoms with Gasteiger partial charge in [0.1, 0.15) is 0 Å². The molecular formula is C9H11NO3S. The van der Waals surface area contributed by atoms with E-state index in [1.807, 2.05) is 13.8 Å². The molecule has 0 spiro atoms. The molecule has 0 atom stereocenters. The Kier molecular flexibility index (Phi) is 5.44. The van der Waals surface area contributed by atoms with Crippen LogP contribution in [0.4, 0.5) is 0 Å². The largest absolute Gasteiger partial charge is 0.292 e. The van der Waals surface area contributed by atoms with Crippen molar-refractivity contribution in [2.75, 3.05) is 0 Å². The lowest BCUT2D eigenvalue weighted by molar-refractivity contribution is 0.563. The van der Waals surface area contributed by atoms with Gasteiger partial charge in [-0.05, 0) is 12.1 Å². The molecular weight excluding hydrogens is 202 g/mol. The molecule has 14 heavy (non-hydrogen) atoms. The summed E-state index contributed by atoms with van der Waals surface area (Å²) in [6.45, 7) is 4.00. The second-order valence-electron chi connectivity index (χ2n) is 1.97. The Balaban J connectivity index is 0.000000791. The molecule has 0 saturated carbocycles. The van der Waals surface area contributed by atoms with Gasteiger partial charge < -0.3 is 0 Å². The van der Waals surface area contributed by atoms with Gasteiger partial charge in [-0.3, -0.25) is 0 Å². The van der Waals surface area contributed by atoms with Crippen LogP contribution in [0.15, 0.2) is 39.6 Å². The molecule has 0 aliphatic carbocycles. The highest BCUT2D eigenvalue weighted by Crippen LogP contribution is 2.09. The van der Waals surface area contributed by atoms with Crippen LogP contribution < -0.4 is 0 Å². The van der Waals surface area contributed by atoms with Gasteiger partial charge in [-0.2, -0.15) is 8.42 Å². The summed E-state index contributed by atoms with van der Waals surface area (Å²) >= 11 is 0. The van der Waals surface area contributed by atoms with Gasteiger partial charge in [-0.1, -0.05) is 36.4 Å². The van der Waals surface area contributed by atoms with E-state index in [9.17, 15) is 13.2 Å². The molecule has 0 heterocycles. The summed E-state index contributed by atoms with van der Waals surface area (Å²) in [7, 11) is -3.81. The minimum absolute atomic E-state index is 0.00616. The van der Waals surface area contributed by atoms with Crippen molar-refractivity contribution in [1.82, 2.24) is 0 Å². The van der Waals surface area contributed by atoms with Gasteiger partial charge >= 0.3 is 0 Å². The number of sulfonamides is 1. The number of benzene rings is 1. The Morgan fingerprint density at radius 3 is 2.07 bits per heavy atom. The Labute approximate surface area is 83.3 Å². The van der Waals surface area contributed by atoms with Crippen molar-refractivity contribution in [1.29, 1.82) is 0 Å². The van der Waals surface area contributed by atoms with Crippen LogP contribution in [0.25, 0.3) is 0 Å². The van der Waals surface area contributed by atoms with Crippen molar-refractivity contribution in [2.45, 2.75) is 18.7 Å². The lowest BCUT2D eigenvalue weighted by atomic mass is 10.4. The zero-order valence-electron chi connectivity index (χ0n) is 7.97. The molecule has 0 aromatic heterocycles. The molecule has 1 aromatic rings. The minimum atomic E-state index is -3.81. The van der Waals surface area contributed by atoms with Crippen LogP contribution in [-0.4, -0.2) is 14.5 Å². The van der Waals surface area contributed by atoms with Crippen LogP contribution in [0, 0.1) is 0 Å². The summed E-state index contributed by atoms with van der Waals surface area (Å²) in [5.74, 6) is 0. The SMILES string of the molecule is CC.O=C=NS(=O)(=O)c1ccccc1. The van der Waals surface area contributed by atoms with E-state index < -0.39 is 10.0 Å². The van der Waals surface area contributed by atoms with Crippen molar-refractivity contribution in [2.24, 2.45) is 4.40 Å². The predicted molar refractivity (Wildman–Crippen MR) is 53.1 cm³/mol. The molecule has 0 aliphatic heterocycles. The fraction of sp³-hybridized carbons (Fsp3) is 0.222. The first-order valence-corrected chi connectivity index (χ1v) is 5.50. The van der Waals surface area contributed by atoms with E-state index in [2.05, 4.69) is 4.40 Å². The molecule has 0 fully saturated rings. The topological polar surface area (TPSA) is 63.6 Å². The third kappa shape index (κ3) is 3.51. The van der Waals surface area contributed by atoms with Crippen LogP contribution >= 0.6 is 0 Å². The van der Waals surface area contributed by atoms with E-state index in [0.717, 1.165) is 6.08 Å². The van der Waals surface area contributed by atoms with Crippen LogP contribution in [-0.2, 0) is 14.8 Å². The predicted octanol–water partition coefficient (Wildman–Crippen LogP) is 1.74. The van der Waals surface area contributed by atoms with Gasteiger partial charge in [0, 0.05) is 0 Å². The summed E-state index contributed by atoms with van der Waals surface area (Å²) in [5, 5.41) is 0. The fourth-order valence-corrected chi connectivity index (χ4v) is 1.40. The molecule has 76 valence electrons. The summed E-state index contributed by atoms with van der Waals surface area (Å²) in [4.78, 5) is 9.72. The normalized spacial score (nSPS) is 9.29. The number of carbonyl (C=O) groups excluding carboxylic acids is 1. The zero-order chi connectivity index (χ0) is 11.0. The first-order valence-electron chi connectivity index (χ1n) is 4.06.